The number of ether oxygens (including phenoxy) is 1. The van der Waals surface area contributed by atoms with Crippen molar-refractivity contribution in [3.63, 3.8) is 0 Å². The van der Waals surface area contributed by atoms with Crippen molar-refractivity contribution in [1.29, 1.82) is 0 Å². The number of benzene rings is 2. The summed E-state index contributed by atoms with van der Waals surface area (Å²) in [5.41, 5.74) is 0.701. The Kier molecular flexibility index (Phi) is 6.65. The first-order valence-corrected chi connectivity index (χ1v) is 10.7. The van der Waals surface area contributed by atoms with Gasteiger partial charge in [0.2, 0.25) is 10.0 Å². The minimum absolute atomic E-state index is 0.127. The first-order chi connectivity index (χ1) is 13.8. The lowest BCUT2D eigenvalue weighted by atomic mass is 10.3. The minimum Gasteiger partial charge on any atom is -0.379 e. The molecule has 3 rings (SSSR count). The van der Waals surface area contributed by atoms with Gasteiger partial charge in [0.1, 0.15) is 0 Å². The van der Waals surface area contributed by atoms with E-state index in [0.29, 0.717) is 32.0 Å². The highest BCUT2D eigenvalue weighted by Crippen LogP contribution is 2.27. The van der Waals surface area contributed by atoms with E-state index in [2.05, 4.69) is 10.6 Å². The number of nitro groups is 1. The second kappa shape index (κ2) is 9.01. The fourth-order valence-electron chi connectivity index (χ4n) is 2.65. The highest BCUT2D eigenvalue weighted by Gasteiger charge is 2.26. The van der Waals surface area contributed by atoms with Crippen molar-refractivity contribution < 1.29 is 18.1 Å². The Hall–Kier alpha value is -2.31. The first kappa shape index (κ1) is 21.4. The Balaban J connectivity index is 1.67. The molecular formula is C17H17ClN4O5S2. The molecule has 0 aromatic heterocycles. The molecule has 2 N–H and O–H groups in total. The van der Waals surface area contributed by atoms with E-state index < -0.39 is 14.9 Å². The quantitative estimate of drug-likeness (QED) is 0.401. The van der Waals surface area contributed by atoms with Gasteiger partial charge in [-0.05, 0) is 42.5 Å². The number of thiocarbonyl (C=S) groups is 1. The maximum atomic E-state index is 12.6. The second-order valence-electron chi connectivity index (χ2n) is 6.04. The zero-order chi connectivity index (χ0) is 21.0. The van der Waals surface area contributed by atoms with Crippen molar-refractivity contribution in [2.75, 3.05) is 36.9 Å². The van der Waals surface area contributed by atoms with Crippen molar-refractivity contribution in [1.82, 2.24) is 4.31 Å². The molecule has 1 aliphatic heterocycles. The molecule has 0 saturated carbocycles. The number of anilines is 2. The number of hydrogen-bond acceptors (Lipinski definition) is 6. The summed E-state index contributed by atoms with van der Waals surface area (Å²) < 4.78 is 31.8. The molecule has 0 aliphatic carbocycles. The predicted molar refractivity (Wildman–Crippen MR) is 114 cm³/mol. The van der Waals surface area contributed by atoms with Crippen LogP contribution in [0.1, 0.15) is 0 Å². The van der Waals surface area contributed by atoms with Crippen molar-refractivity contribution in [3.05, 3.63) is 57.6 Å². The number of non-ortho nitro benzene ring substituents is 1. The summed E-state index contributed by atoms with van der Waals surface area (Å²) in [6, 6.07) is 10.1. The van der Waals surface area contributed by atoms with Crippen LogP contribution >= 0.6 is 23.8 Å². The van der Waals surface area contributed by atoms with Gasteiger partial charge in [-0.25, -0.2) is 8.42 Å². The van der Waals surface area contributed by atoms with Crippen LogP contribution in [0.25, 0.3) is 0 Å². The zero-order valence-corrected chi connectivity index (χ0v) is 17.4. The fraction of sp³-hybridized carbons (Fsp3) is 0.235. The summed E-state index contributed by atoms with van der Waals surface area (Å²) >= 11 is 11.2. The molecule has 9 nitrogen and oxygen atoms in total. The Bertz CT molecular complexity index is 1020. The van der Waals surface area contributed by atoms with Gasteiger partial charge in [-0.3, -0.25) is 10.1 Å². The van der Waals surface area contributed by atoms with E-state index in [-0.39, 0.29) is 26.4 Å². The molecule has 0 spiro atoms. The maximum Gasteiger partial charge on any atom is 0.271 e. The average molecular weight is 457 g/mol. The Morgan fingerprint density at radius 1 is 1.14 bits per heavy atom. The van der Waals surface area contributed by atoms with Crippen molar-refractivity contribution >= 4 is 56.0 Å². The lowest BCUT2D eigenvalue weighted by Gasteiger charge is -2.26. The summed E-state index contributed by atoms with van der Waals surface area (Å²) in [7, 11) is -3.58. The highest BCUT2D eigenvalue weighted by atomic mass is 35.5. The standard InChI is InChI=1S/C17H17ClN4O5S2/c18-15-6-3-13(22(23)24)11-16(15)20-17(28)19-12-1-4-14(5-2-12)29(25,26)21-7-9-27-10-8-21/h1-6,11H,7-10H2,(H2,19,20,28). The van der Waals surface area contributed by atoms with Gasteiger partial charge in [-0.2, -0.15) is 4.31 Å². The molecule has 2 aromatic carbocycles. The van der Waals surface area contributed by atoms with Crippen molar-refractivity contribution in [2.24, 2.45) is 0 Å². The van der Waals surface area contributed by atoms with Crippen LogP contribution in [0.5, 0.6) is 0 Å². The number of nitrogens with one attached hydrogen (secondary N) is 2. The molecule has 0 atom stereocenters. The normalized spacial score (nSPS) is 14.9. The number of hydrogen-bond donors (Lipinski definition) is 2. The van der Waals surface area contributed by atoms with Crippen LogP contribution in [0.3, 0.4) is 0 Å². The van der Waals surface area contributed by atoms with Gasteiger partial charge < -0.3 is 15.4 Å². The molecule has 0 unspecified atom stereocenters. The third-order valence-electron chi connectivity index (χ3n) is 4.13. The van der Waals surface area contributed by atoms with Crippen LogP contribution in [0.15, 0.2) is 47.4 Å². The van der Waals surface area contributed by atoms with Gasteiger partial charge in [0.25, 0.3) is 5.69 Å². The number of sulfonamides is 1. The largest absolute Gasteiger partial charge is 0.379 e. The van der Waals surface area contributed by atoms with Gasteiger partial charge in [-0.15, -0.1) is 0 Å². The van der Waals surface area contributed by atoms with E-state index >= 15 is 0 Å². The molecule has 12 heteroatoms. The number of halogens is 1. The van der Waals surface area contributed by atoms with Gasteiger partial charge in [0, 0.05) is 30.9 Å². The van der Waals surface area contributed by atoms with E-state index in [1.807, 2.05) is 0 Å². The fourth-order valence-corrected chi connectivity index (χ4v) is 4.45. The molecule has 2 aromatic rings. The van der Waals surface area contributed by atoms with Crippen LogP contribution in [0.2, 0.25) is 5.02 Å². The smallest absolute Gasteiger partial charge is 0.271 e. The van der Waals surface area contributed by atoms with Gasteiger partial charge in [0.15, 0.2) is 5.11 Å². The van der Waals surface area contributed by atoms with Crippen LogP contribution in [-0.4, -0.2) is 49.1 Å². The van der Waals surface area contributed by atoms with Crippen molar-refractivity contribution in [3.8, 4) is 0 Å². The second-order valence-corrected chi connectivity index (χ2v) is 8.79. The third kappa shape index (κ3) is 5.19. The molecule has 1 fully saturated rings. The minimum atomic E-state index is -3.58. The number of nitro benzene ring substituents is 1. The Labute approximate surface area is 177 Å². The van der Waals surface area contributed by atoms with Crippen LogP contribution in [0.4, 0.5) is 17.1 Å². The van der Waals surface area contributed by atoms with Gasteiger partial charge in [-0.1, -0.05) is 11.6 Å². The van der Waals surface area contributed by atoms with E-state index in [1.165, 1.54) is 34.6 Å². The summed E-state index contributed by atoms with van der Waals surface area (Å²) in [4.78, 5) is 10.5. The molecule has 154 valence electrons. The SMILES string of the molecule is O=[N+]([O-])c1ccc(Cl)c(NC(=S)Nc2ccc(S(=O)(=O)N3CCOCC3)cc2)c1. The van der Waals surface area contributed by atoms with E-state index in [1.54, 1.807) is 12.1 Å². The topological polar surface area (TPSA) is 114 Å². The lowest BCUT2D eigenvalue weighted by Crippen LogP contribution is -2.40. The summed E-state index contributed by atoms with van der Waals surface area (Å²) in [5, 5.41) is 17.0. The summed E-state index contributed by atoms with van der Waals surface area (Å²) in [6.45, 7) is 1.39. The molecule has 0 amide bonds. The van der Waals surface area contributed by atoms with E-state index in [4.69, 9.17) is 28.6 Å². The maximum absolute atomic E-state index is 12.6. The predicted octanol–water partition coefficient (Wildman–Crippen LogP) is 3.08. The monoisotopic (exact) mass is 456 g/mol. The highest BCUT2D eigenvalue weighted by molar-refractivity contribution is 7.89. The number of nitrogens with zero attached hydrogens (tertiary/aromatic N) is 2. The molecule has 0 radical (unpaired) electrons. The van der Waals surface area contributed by atoms with Gasteiger partial charge in [0.05, 0.1) is 33.7 Å². The molecule has 1 aliphatic rings. The first-order valence-electron chi connectivity index (χ1n) is 8.47. The third-order valence-corrected chi connectivity index (χ3v) is 6.58. The molecule has 1 saturated heterocycles. The Morgan fingerprint density at radius 2 is 1.79 bits per heavy atom. The molecular weight excluding hydrogens is 440 g/mol. The number of morpholine rings is 1. The van der Waals surface area contributed by atoms with E-state index in [0.717, 1.165) is 0 Å². The van der Waals surface area contributed by atoms with Gasteiger partial charge >= 0.3 is 0 Å². The van der Waals surface area contributed by atoms with Crippen LogP contribution in [0, 0.1) is 10.1 Å². The average Bonchev–Trinajstić information content (AvgIpc) is 2.70. The van der Waals surface area contributed by atoms with Crippen LogP contribution < -0.4 is 10.6 Å². The molecule has 1 heterocycles. The van der Waals surface area contributed by atoms with E-state index in [9.17, 15) is 18.5 Å². The molecule has 29 heavy (non-hydrogen) atoms. The Morgan fingerprint density at radius 3 is 2.41 bits per heavy atom. The summed E-state index contributed by atoms with van der Waals surface area (Å²) in [6.07, 6.45) is 0. The van der Waals surface area contributed by atoms with Crippen molar-refractivity contribution in [2.45, 2.75) is 4.90 Å². The number of rotatable bonds is 5. The zero-order valence-electron chi connectivity index (χ0n) is 15.0. The lowest BCUT2D eigenvalue weighted by molar-refractivity contribution is -0.384. The summed E-state index contributed by atoms with van der Waals surface area (Å²) in [5.74, 6) is 0. The molecule has 0 bridgehead atoms. The van der Waals surface area contributed by atoms with Crippen LogP contribution in [-0.2, 0) is 14.8 Å².